The Bertz CT molecular complexity index is 290. The van der Waals surface area contributed by atoms with E-state index >= 15 is 0 Å². The normalized spacial score (nSPS) is 5.61. The Balaban J connectivity index is -0.0000000257. The van der Waals surface area contributed by atoms with Crippen LogP contribution in [-0.2, 0) is 97.8 Å². The third-order valence-electron chi connectivity index (χ3n) is 0. The van der Waals surface area contributed by atoms with Crippen molar-refractivity contribution in [2.75, 3.05) is 0 Å². The van der Waals surface area contributed by atoms with Crippen LogP contribution >= 0.6 is 0 Å². The van der Waals surface area contributed by atoms with Crippen LogP contribution in [0.4, 0.5) is 0 Å². The van der Waals surface area contributed by atoms with E-state index in [4.69, 9.17) is 41.0 Å². The van der Waals surface area contributed by atoms with Crippen LogP contribution in [0.2, 0.25) is 0 Å². The van der Waals surface area contributed by atoms with Gasteiger partial charge in [0.05, 0.1) is 0 Å². The van der Waals surface area contributed by atoms with Crippen molar-refractivity contribution in [3.05, 3.63) is 0 Å². The molecule has 18 heavy (non-hydrogen) atoms. The zero-order chi connectivity index (χ0) is 14.3. The fraction of sp³-hybridized carbons (Fsp3) is 0. The summed E-state index contributed by atoms with van der Waals surface area (Å²) in [5.74, 6) is 0. The second-order valence-corrected chi connectivity index (χ2v) is 5.00. The van der Waals surface area contributed by atoms with Gasteiger partial charge in [-0.15, -0.1) is 0 Å². The Morgan fingerprint density at radius 1 is 0.667 bits per heavy atom. The molecule has 0 bridgehead atoms. The summed E-state index contributed by atoms with van der Waals surface area (Å²) in [6.45, 7) is 0. The molecule has 0 N–H and O–H groups in total. The van der Waals surface area contributed by atoms with Crippen molar-refractivity contribution >= 4 is 75.1 Å². The molecule has 98 valence electrons. The zero-order valence-corrected chi connectivity index (χ0v) is 24.0. The van der Waals surface area contributed by atoms with E-state index in [-0.39, 0.29) is 75.1 Å². The molecule has 18 heteroatoms. The van der Waals surface area contributed by atoms with Gasteiger partial charge in [-0.25, -0.2) is 0 Å². The molecule has 0 amide bonds. The van der Waals surface area contributed by atoms with E-state index in [1.807, 2.05) is 0 Å². The number of hydrogen-bond acceptors (Lipinski definition) is 12. The molecular weight excluding hydrogens is 865 g/mol. The van der Waals surface area contributed by atoms with Gasteiger partial charge in [0.1, 0.15) is 0 Å². The Morgan fingerprint density at radius 3 is 0.667 bits per heavy atom. The predicted molar refractivity (Wildman–Crippen MR) is 16.3 cm³/mol. The van der Waals surface area contributed by atoms with Gasteiger partial charge in [0, 0.05) is 0 Å². The van der Waals surface area contributed by atoms with Gasteiger partial charge in [0.25, 0.3) is 0 Å². The maximum atomic E-state index is 8.60. The summed E-state index contributed by atoms with van der Waals surface area (Å²) in [4.78, 5) is 0. The van der Waals surface area contributed by atoms with E-state index in [1.165, 1.54) is 0 Å². The zero-order valence-electron chi connectivity index (χ0n) is 7.89. The van der Waals surface area contributed by atoms with Crippen LogP contribution in [0.25, 0.3) is 0 Å². The molecule has 0 fully saturated rings. The molecule has 0 aromatic heterocycles. The average Bonchev–Trinajstić information content (AvgIpc) is 1.76. The fourth-order valence-electron chi connectivity index (χ4n) is 0. The molecule has 0 rings (SSSR count). The van der Waals surface area contributed by atoms with Gasteiger partial charge in [-0.05, 0) is 0 Å². The number of hydrogen-bond donors (Lipinski definition) is 0. The molecule has 0 aliphatic rings. The summed E-state index contributed by atoms with van der Waals surface area (Å²) in [5.41, 5.74) is 0. The van der Waals surface area contributed by atoms with Crippen LogP contribution in [0.3, 0.4) is 0 Å². The molecule has 12 nitrogen and oxygen atoms in total. The average molecular weight is 865 g/mol. The second kappa shape index (κ2) is 32.7. The molecule has 0 heterocycles. The first kappa shape index (κ1) is 37.8. The first-order chi connectivity index (χ1) is 6.93. The molecular formula is BaBiNb3O12Ti. The van der Waals surface area contributed by atoms with E-state index in [0.29, 0.717) is 0 Å². The Hall–Kier alpha value is 3.79. The summed E-state index contributed by atoms with van der Waals surface area (Å²) in [6.07, 6.45) is 0. The molecule has 0 aromatic rings. The van der Waals surface area contributed by atoms with E-state index in [9.17, 15) is 0 Å². The summed E-state index contributed by atoms with van der Waals surface area (Å²) >= 11 is -16.7. The summed E-state index contributed by atoms with van der Waals surface area (Å²) in [6, 6.07) is 0. The molecule has 0 saturated carbocycles. The Labute approximate surface area is 186 Å². The number of rotatable bonds is 0. The third-order valence-corrected chi connectivity index (χ3v) is 0. The van der Waals surface area contributed by atoms with Gasteiger partial charge in [0.15, 0.2) is 0 Å². The van der Waals surface area contributed by atoms with Crippen molar-refractivity contribution in [1.29, 1.82) is 0 Å². The molecule has 0 aliphatic carbocycles. The van der Waals surface area contributed by atoms with Crippen molar-refractivity contribution in [3.8, 4) is 0 Å². The van der Waals surface area contributed by atoms with Gasteiger partial charge in [-0.3, -0.25) is 0 Å². The molecule has 0 aliphatic heterocycles. The standard InChI is InChI=1S/Ba.Bi.3Nb.12O.Ti/q+2;+3;;;;;;;;;;;5*-1;. The van der Waals surface area contributed by atoms with Gasteiger partial charge in [-0.1, -0.05) is 0 Å². The van der Waals surface area contributed by atoms with Crippen molar-refractivity contribution in [3.63, 3.8) is 0 Å². The molecule has 0 aromatic carbocycles. The molecule has 0 saturated heterocycles. The van der Waals surface area contributed by atoms with E-state index in [0.717, 1.165) is 0 Å². The molecule has 0 spiro atoms. The maximum absolute atomic E-state index is 8.60. The fourth-order valence-corrected chi connectivity index (χ4v) is 0. The van der Waals surface area contributed by atoms with Gasteiger partial charge in [0.2, 0.25) is 0 Å². The SMILES string of the molecule is [Ba+2].[Bi+3].[O]=[Nb](=[O])[O-].[O]=[Nb](=[O])[O-].[O]=[Nb](=[O])[O-].[O]=[Ti]([O-])[O-]. The minimum absolute atomic E-state index is 0. The van der Waals surface area contributed by atoms with E-state index in [1.54, 1.807) is 0 Å². The van der Waals surface area contributed by atoms with Crippen LogP contribution in [0.15, 0.2) is 0 Å². The summed E-state index contributed by atoms with van der Waals surface area (Å²) in [5, 5.41) is 0. The Kier molecular flexibility index (Phi) is 68.5. The Morgan fingerprint density at radius 2 is 0.667 bits per heavy atom. The first-order valence-electron chi connectivity index (χ1n) is 2.26. The van der Waals surface area contributed by atoms with Gasteiger partial charge in [-0.2, -0.15) is 0 Å². The summed E-state index contributed by atoms with van der Waals surface area (Å²) < 4.78 is 103. The third kappa shape index (κ3) is 487. The van der Waals surface area contributed by atoms with Gasteiger partial charge >= 0.3 is 191 Å². The predicted octanol–water partition coefficient (Wildman–Crippen LogP) is -7.55. The van der Waals surface area contributed by atoms with Crippen LogP contribution < -0.4 is 18.2 Å². The summed E-state index contributed by atoms with van der Waals surface area (Å²) in [7, 11) is 0. The quantitative estimate of drug-likeness (QED) is 0.207. The molecule has 0 atom stereocenters. The van der Waals surface area contributed by atoms with E-state index in [2.05, 4.69) is 0 Å². The second-order valence-electron chi connectivity index (χ2n) is 0.921. The first-order valence-corrected chi connectivity index (χ1v) is 12.2. The van der Waals surface area contributed by atoms with Crippen LogP contribution in [0, 0.1) is 0 Å². The van der Waals surface area contributed by atoms with Crippen LogP contribution in [-0.4, -0.2) is 75.1 Å². The van der Waals surface area contributed by atoms with Crippen molar-refractivity contribution < 1.29 is 116 Å². The van der Waals surface area contributed by atoms with Crippen LogP contribution in [0.1, 0.15) is 0 Å². The van der Waals surface area contributed by atoms with Crippen molar-refractivity contribution in [1.82, 2.24) is 0 Å². The topological polar surface area (TPSA) is 235 Å². The van der Waals surface area contributed by atoms with Crippen molar-refractivity contribution in [2.45, 2.75) is 0 Å². The van der Waals surface area contributed by atoms with E-state index < -0.39 is 75.0 Å². The van der Waals surface area contributed by atoms with Crippen molar-refractivity contribution in [2.24, 2.45) is 0 Å². The monoisotopic (exact) mass is 865 g/mol. The molecule has 0 unspecified atom stereocenters. The van der Waals surface area contributed by atoms with Gasteiger partial charge < -0.3 is 0 Å². The minimum atomic E-state index is -4.20. The van der Waals surface area contributed by atoms with Crippen LogP contribution in [0.5, 0.6) is 0 Å². The molecule has 2 radical (unpaired) electrons.